The van der Waals surface area contributed by atoms with Gasteiger partial charge in [-0.2, -0.15) is 0 Å². The molecule has 118 valence electrons. The zero-order valence-corrected chi connectivity index (χ0v) is 15.1. The van der Waals surface area contributed by atoms with Crippen LogP contribution in [0.25, 0.3) is 0 Å². The lowest BCUT2D eigenvalue weighted by atomic mass is 10.3. The van der Waals surface area contributed by atoms with E-state index in [4.69, 9.17) is 9.47 Å². The fourth-order valence-electron chi connectivity index (χ4n) is 1.99. The third-order valence-corrected chi connectivity index (χ3v) is 5.63. The van der Waals surface area contributed by atoms with Gasteiger partial charge in [0.15, 0.2) is 4.34 Å². The SMILES string of the molecule is Brc1cccc(OCCSc2nnc(N3CCOCC3)s2)c1. The van der Waals surface area contributed by atoms with Crippen molar-refractivity contribution in [2.75, 3.05) is 43.6 Å². The first-order valence-electron chi connectivity index (χ1n) is 6.98. The summed E-state index contributed by atoms with van der Waals surface area (Å²) in [7, 11) is 0. The first-order valence-corrected chi connectivity index (χ1v) is 9.58. The van der Waals surface area contributed by atoms with E-state index in [1.165, 1.54) is 0 Å². The smallest absolute Gasteiger partial charge is 0.209 e. The highest BCUT2D eigenvalue weighted by Crippen LogP contribution is 2.28. The predicted octanol–water partition coefficient (Wildman–Crippen LogP) is 3.31. The molecule has 8 heteroatoms. The molecule has 1 aromatic heterocycles. The summed E-state index contributed by atoms with van der Waals surface area (Å²) in [5, 5.41) is 9.48. The minimum Gasteiger partial charge on any atom is -0.493 e. The molecule has 0 amide bonds. The highest BCUT2D eigenvalue weighted by molar-refractivity contribution is 9.10. The molecule has 0 unspecified atom stereocenters. The van der Waals surface area contributed by atoms with Crippen LogP contribution in [-0.4, -0.2) is 48.9 Å². The molecule has 1 aromatic carbocycles. The van der Waals surface area contributed by atoms with Gasteiger partial charge in [0.1, 0.15) is 5.75 Å². The molecule has 2 aromatic rings. The molecule has 1 fully saturated rings. The van der Waals surface area contributed by atoms with Crippen molar-refractivity contribution in [1.82, 2.24) is 10.2 Å². The van der Waals surface area contributed by atoms with E-state index in [0.29, 0.717) is 6.61 Å². The van der Waals surface area contributed by atoms with Gasteiger partial charge in [-0.3, -0.25) is 0 Å². The molecule has 0 saturated carbocycles. The molecule has 1 aliphatic heterocycles. The topological polar surface area (TPSA) is 47.5 Å². The second kappa shape index (κ2) is 8.14. The fourth-order valence-corrected chi connectivity index (χ4v) is 4.15. The number of ether oxygens (including phenoxy) is 2. The Kier molecular flexibility index (Phi) is 5.94. The molecule has 22 heavy (non-hydrogen) atoms. The number of rotatable bonds is 6. The molecule has 1 saturated heterocycles. The van der Waals surface area contributed by atoms with Crippen LogP contribution in [0.4, 0.5) is 5.13 Å². The van der Waals surface area contributed by atoms with Crippen molar-refractivity contribution >= 4 is 44.2 Å². The number of hydrogen-bond donors (Lipinski definition) is 0. The Morgan fingerprint density at radius 2 is 2.18 bits per heavy atom. The van der Waals surface area contributed by atoms with E-state index in [2.05, 4.69) is 31.0 Å². The van der Waals surface area contributed by atoms with Crippen LogP contribution in [-0.2, 0) is 4.74 Å². The Labute approximate surface area is 146 Å². The van der Waals surface area contributed by atoms with Gasteiger partial charge in [-0.25, -0.2) is 0 Å². The van der Waals surface area contributed by atoms with Crippen molar-refractivity contribution < 1.29 is 9.47 Å². The van der Waals surface area contributed by atoms with Crippen LogP contribution in [0.2, 0.25) is 0 Å². The second-order valence-corrected chi connectivity index (χ2v) is 7.82. The third-order valence-electron chi connectivity index (χ3n) is 3.05. The van der Waals surface area contributed by atoms with E-state index in [0.717, 1.165) is 51.7 Å². The van der Waals surface area contributed by atoms with Crippen LogP contribution in [0, 0.1) is 0 Å². The van der Waals surface area contributed by atoms with Crippen LogP contribution in [0.3, 0.4) is 0 Å². The summed E-state index contributed by atoms with van der Waals surface area (Å²) in [5.41, 5.74) is 0. The summed E-state index contributed by atoms with van der Waals surface area (Å²) >= 11 is 6.75. The van der Waals surface area contributed by atoms with Gasteiger partial charge in [0, 0.05) is 23.3 Å². The normalized spacial score (nSPS) is 15.0. The van der Waals surface area contributed by atoms with E-state index in [-0.39, 0.29) is 0 Å². The lowest BCUT2D eigenvalue weighted by Crippen LogP contribution is -2.36. The van der Waals surface area contributed by atoms with Crippen molar-refractivity contribution in [2.45, 2.75) is 4.34 Å². The molecule has 2 heterocycles. The monoisotopic (exact) mass is 401 g/mol. The summed E-state index contributed by atoms with van der Waals surface area (Å²) in [5.74, 6) is 1.73. The number of anilines is 1. The highest BCUT2D eigenvalue weighted by Gasteiger charge is 2.15. The van der Waals surface area contributed by atoms with Gasteiger partial charge in [0.25, 0.3) is 0 Å². The van der Waals surface area contributed by atoms with Gasteiger partial charge in [-0.1, -0.05) is 45.1 Å². The third kappa shape index (κ3) is 4.58. The van der Waals surface area contributed by atoms with Gasteiger partial charge in [0.05, 0.1) is 19.8 Å². The number of thioether (sulfide) groups is 1. The first kappa shape index (κ1) is 16.0. The maximum absolute atomic E-state index is 5.71. The van der Waals surface area contributed by atoms with Gasteiger partial charge in [0.2, 0.25) is 5.13 Å². The molecule has 0 bridgehead atoms. The molecule has 0 N–H and O–H groups in total. The second-order valence-electron chi connectivity index (χ2n) is 4.60. The minimum absolute atomic E-state index is 0.646. The molecule has 0 radical (unpaired) electrons. The van der Waals surface area contributed by atoms with Crippen LogP contribution in [0.5, 0.6) is 5.75 Å². The zero-order valence-electron chi connectivity index (χ0n) is 11.9. The average Bonchev–Trinajstić information content (AvgIpc) is 3.01. The molecular formula is C14H16BrN3O2S2. The van der Waals surface area contributed by atoms with E-state index in [9.17, 15) is 0 Å². The Bertz CT molecular complexity index is 605. The number of nitrogens with zero attached hydrogens (tertiary/aromatic N) is 3. The van der Waals surface area contributed by atoms with Crippen molar-refractivity contribution in [2.24, 2.45) is 0 Å². The molecule has 1 aliphatic rings. The summed E-state index contributed by atoms with van der Waals surface area (Å²) in [6.45, 7) is 3.97. The number of hydrogen-bond acceptors (Lipinski definition) is 7. The lowest BCUT2D eigenvalue weighted by molar-refractivity contribution is 0.122. The Hall–Kier alpha value is -0.830. The number of benzene rings is 1. The largest absolute Gasteiger partial charge is 0.493 e. The summed E-state index contributed by atoms with van der Waals surface area (Å²) in [6.07, 6.45) is 0. The molecule has 5 nitrogen and oxygen atoms in total. The first-order chi connectivity index (χ1) is 10.8. The molecular weight excluding hydrogens is 386 g/mol. The predicted molar refractivity (Wildman–Crippen MR) is 93.3 cm³/mol. The summed E-state index contributed by atoms with van der Waals surface area (Å²) < 4.78 is 13.1. The van der Waals surface area contributed by atoms with E-state index >= 15 is 0 Å². The van der Waals surface area contributed by atoms with Crippen LogP contribution >= 0.6 is 39.0 Å². The Balaban J connectivity index is 1.43. The van der Waals surface area contributed by atoms with E-state index < -0.39 is 0 Å². The van der Waals surface area contributed by atoms with E-state index in [1.807, 2.05) is 24.3 Å². The van der Waals surface area contributed by atoms with Crippen molar-refractivity contribution in [1.29, 1.82) is 0 Å². The Morgan fingerprint density at radius 3 is 3.00 bits per heavy atom. The summed E-state index contributed by atoms with van der Waals surface area (Å²) in [4.78, 5) is 2.23. The maximum atomic E-state index is 5.71. The van der Waals surface area contributed by atoms with Crippen molar-refractivity contribution in [3.8, 4) is 5.75 Å². The van der Waals surface area contributed by atoms with Gasteiger partial charge < -0.3 is 14.4 Å². The van der Waals surface area contributed by atoms with Crippen molar-refractivity contribution in [3.63, 3.8) is 0 Å². The van der Waals surface area contributed by atoms with Crippen LogP contribution in [0.15, 0.2) is 33.1 Å². The zero-order chi connectivity index (χ0) is 15.2. The van der Waals surface area contributed by atoms with Crippen LogP contribution < -0.4 is 9.64 Å². The van der Waals surface area contributed by atoms with Gasteiger partial charge in [-0.05, 0) is 18.2 Å². The average molecular weight is 402 g/mol. The standard InChI is InChI=1S/C14H16BrN3O2S2/c15-11-2-1-3-12(10-11)20-8-9-21-14-17-16-13(22-14)18-4-6-19-7-5-18/h1-3,10H,4-9H2. The number of halogens is 1. The Morgan fingerprint density at radius 1 is 1.32 bits per heavy atom. The maximum Gasteiger partial charge on any atom is 0.209 e. The lowest BCUT2D eigenvalue weighted by Gasteiger charge is -2.25. The quantitative estimate of drug-likeness (QED) is 0.546. The fraction of sp³-hybridized carbons (Fsp3) is 0.429. The van der Waals surface area contributed by atoms with Gasteiger partial charge in [-0.15, -0.1) is 10.2 Å². The minimum atomic E-state index is 0.646. The van der Waals surface area contributed by atoms with E-state index in [1.54, 1.807) is 23.1 Å². The molecule has 3 rings (SSSR count). The molecule has 0 atom stereocenters. The van der Waals surface area contributed by atoms with Crippen molar-refractivity contribution in [3.05, 3.63) is 28.7 Å². The molecule has 0 aliphatic carbocycles. The number of morpholine rings is 1. The number of aromatic nitrogens is 2. The molecule has 0 spiro atoms. The summed E-state index contributed by atoms with van der Waals surface area (Å²) in [6, 6.07) is 7.87. The van der Waals surface area contributed by atoms with Gasteiger partial charge >= 0.3 is 0 Å². The van der Waals surface area contributed by atoms with Crippen LogP contribution in [0.1, 0.15) is 0 Å². The highest BCUT2D eigenvalue weighted by atomic mass is 79.9.